The third-order valence-corrected chi connectivity index (χ3v) is 3.01. The molecule has 1 aliphatic rings. The van der Waals surface area contributed by atoms with Gasteiger partial charge in [0, 0.05) is 12.6 Å². The molecule has 0 aromatic rings. The van der Waals surface area contributed by atoms with Crippen LogP contribution in [-0.2, 0) is 0 Å². The molecule has 0 unspecified atom stereocenters. The minimum Gasteiger partial charge on any atom is -0.367 e. The van der Waals surface area contributed by atoms with Gasteiger partial charge in [0.1, 0.15) is 0 Å². The smallest absolute Gasteiger partial charge is 0.164 e. The summed E-state index contributed by atoms with van der Waals surface area (Å²) in [6, 6.07) is 0.504. The van der Waals surface area contributed by atoms with Crippen LogP contribution in [0.15, 0.2) is 0 Å². The van der Waals surface area contributed by atoms with Crippen molar-refractivity contribution in [3.8, 4) is 0 Å². The van der Waals surface area contributed by atoms with E-state index in [-0.39, 0.29) is 0 Å². The van der Waals surface area contributed by atoms with Gasteiger partial charge in [-0.15, -0.1) is 0 Å². The molecule has 3 heteroatoms. The van der Waals surface area contributed by atoms with E-state index in [1.54, 1.807) is 0 Å². The lowest BCUT2D eigenvalue weighted by Gasteiger charge is -2.28. The number of aliphatic hydroxyl groups excluding tert-OH is 1. The predicted octanol–water partition coefficient (Wildman–Crippen LogP) is 0.855. The second-order valence-corrected chi connectivity index (χ2v) is 4.01. The molecule has 0 bridgehead atoms. The molecule has 1 saturated carbocycles. The number of aliphatic hydroxyl groups is 2. The molecule has 78 valence electrons. The third-order valence-electron chi connectivity index (χ3n) is 3.01. The summed E-state index contributed by atoms with van der Waals surface area (Å²) in [7, 11) is 0. The highest BCUT2D eigenvalue weighted by Crippen LogP contribution is 2.26. The minimum absolute atomic E-state index is 0.307. The molecule has 0 spiro atoms. The molecule has 0 aromatic heterocycles. The first-order chi connectivity index (χ1) is 6.22. The van der Waals surface area contributed by atoms with Crippen LogP contribution in [0, 0.1) is 5.92 Å². The predicted molar refractivity (Wildman–Crippen MR) is 52.3 cm³/mol. The zero-order chi connectivity index (χ0) is 9.68. The van der Waals surface area contributed by atoms with Gasteiger partial charge in [-0.25, -0.2) is 0 Å². The van der Waals surface area contributed by atoms with E-state index in [0.29, 0.717) is 12.6 Å². The van der Waals surface area contributed by atoms with Gasteiger partial charge < -0.3 is 15.5 Å². The molecule has 0 atom stereocenters. The fourth-order valence-electron chi connectivity index (χ4n) is 2.05. The van der Waals surface area contributed by atoms with Crippen molar-refractivity contribution in [1.29, 1.82) is 0 Å². The maximum Gasteiger partial charge on any atom is 0.164 e. The van der Waals surface area contributed by atoms with Crippen LogP contribution in [0.3, 0.4) is 0 Å². The molecule has 0 amide bonds. The fraction of sp³-hybridized carbons (Fsp3) is 1.00. The summed E-state index contributed by atoms with van der Waals surface area (Å²) >= 11 is 0. The van der Waals surface area contributed by atoms with Gasteiger partial charge in [0.2, 0.25) is 0 Å². The van der Waals surface area contributed by atoms with Crippen LogP contribution in [0.4, 0.5) is 0 Å². The van der Waals surface area contributed by atoms with Crippen LogP contribution in [0.1, 0.15) is 39.0 Å². The van der Waals surface area contributed by atoms with E-state index in [2.05, 4.69) is 12.2 Å². The first kappa shape index (κ1) is 11.0. The number of nitrogens with one attached hydrogen (secondary N) is 1. The summed E-state index contributed by atoms with van der Waals surface area (Å²) in [5, 5.41) is 20.5. The Morgan fingerprint density at radius 3 is 2.31 bits per heavy atom. The van der Waals surface area contributed by atoms with Crippen molar-refractivity contribution in [1.82, 2.24) is 5.32 Å². The average molecular weight is 187 g/mol. The van der Waals surface area contributed by atoms with Crippen LogP contribution >= 0.6 is 0 Å². The van der Waals surface area contributed by atoms with E-state index in [1.807, 2.05) is 0 Å². The van der Waals surface area contributed by atoms with Gasteiger partial charge in [-0.05, 0) is 31.6 Å². The van der Waals surface area contributed by atoms with Crippen LogP contribution in [-0.4, -0.2) is 29.1 Å². The van der Waals surface area contributed by atoms with Crippen molar-refractivity contribution in [2.75, 3.05) is 6.54 Å². The summed E-state index contributed by atoms with van der Waals surface area (Å²) in [4.78, 5) is 0. The first-order valence-electron chi connectivity index (χ1n) is 5.32. The van der Waals surface area contributed by atoms with Crippen molar-refractivity contribution >= 4 is 0 Å². The molecule has 3 N–H and O–H groups in total. The first-order valence-corrected chi connectivity index (χ1v) is 5.32. The minimum atomic E-state index is -1.20. The van der Waals surface area contributed by atoms with E-state index in [1.165, 1.54) is 32.1 Å². The molecule has 0 heterocycles. The van der Waals surface area contributed by atoms with Crippen LogP contribution in [0.2, 0.25) is 0 Å². The van der Waals surface area contributed by atoms with Gasteiger partial charge >= 0.3 is 0 Å². The number of rotatable bonds is 4. The summed E-state index contributed by atoms with van der Waals surface area (Å²) in [6.45, 7) is 2.55. The normalized spacial score (nSPS) is 29.5. The Bertz CT molecular complexity index is 131. The van der Waals surface area contributed by atoms with Crippen molar-refractivity contribution in [2.24, 2.45) is 5.92 Å². The Balaban J connectivity index is 2.10. The Hall–Kier alpha value is -0.120. The van der Waals surface area contributed by atoms with Crippen LogP contribution in [0.5, 0.6) is 0 Å². The summed E-state index contributed by atoms with van der Waals surface area (Å²) in [6.07, 6.45) is 5.03. The zero-order valence-electron chi connectivity index (χ0n) is 8.37. The summed E-state index contributed by atoms with van der Waals surface area (Å²) in [5.74, 6) is 0.900. The van der Waals surface area contributed by atoms with E-state index in [0.717, 1.165) is 5.92 Å². The van der Waals surface area contributed by atoms with Crippen molar-refractivity contribution < 1.29 is 10.2 Å². The maximum absolute atomic E-state index is 8.67. The number of hydrogen-bond acceptors (Lipinski definition) is 3. The highest BCUT2D eigenvalue weighted by atomic mass is 16.5. The van der Waals surface area contributed by atoms with Crippen LogP contribution < -0.4 is 5.32 Å². The highest BCUT2D eigenvalue weighted by molar-refractivity contribution is 4.76. The third kappa shape index (κ3) is 4.07. The Morgan fingerprint density at radius 2 is 1.85 bits per heavy atom. The summed E-state index contributed by atoms with van der Waals surface area (Å²) in [5.41, 5.74) is 0. The SMILES string of the molecule is CCC1CCC(NCC(O)O)CC1. The molecule has 0 aliphatic heterocycles. The average Bonchev–Trinajstić information content (AvgIpc) is 2.15. The number of hydrogen-bond donors (Lipinski definition) is 3. The standard InChI is InChI=1S/C10H21NO2/c1-2-8-3-5-9(6-4-8)11-7-10(12)13/h8-13H,2-7H2,1H3. The molecule has 13 heavy (non-hydrogen) atoms. The van der Waals surface area contributed by atoms with E-state index >= 15 is 0 Å². The van der Waals surface area contributed by atoms with Gasteiger partial charge in [0.25, 0.3) is 0 Å². The molecule has 1 fully saturated rings. The Morgan fingerprint density at radius 1 is 1.23 bits per heavy atom. The van der Waals surface area contributed by atoms with Gasteiger partial charge in [0.05, 0.1) is 0 Å². The molecular weight excluding hydrogens is 166 g/mol. The zero-order valence-corrected chi connectivity index (χ0v) is 8.37. The van der Waals surface area contributed by atoms with Crippen molar-refractivity contribution in [3.05, 3.63) is 0 Å². The van der Waals surface area contributed by atoms with Crippen molar-refractivity contribution in [2.45, 2.75) is 51.4 Å². The second-order valence-electron chi connectivity index (χ2n) is 4.01. The lowest BCUT2D eigenvalue weighted by Crippen LogP contribution is -2.37. The maximum atomic E-state index is 8.67. The molecule has 3 nitrogen and oxygen atoms in total. The van der Waals surface area contributed by atoms with Gasteiger partial charge in [0.15, 0.2) is 6.29 Å². The lowest BCUT2D eigenvalue weighted by molar-refractivity contribution is -0.0397. The Labute approximate surface area is 80.2 Å². The monoisotopic (exact) mass is 187 g/mol. The topological polar surface area (TPSA) is 52.5 Å². The second kappa shape index (κ2) is 5.58. The summed E-state index contributed by atoms with van der Waals surface area (Å²) < 4.78 is 0. The van der Waals surface area contributed by atoms with Gasteiger partial charge in [-0.3, -0.25) is 0 Å². The molecule has 1 aliphatic carbocycles. The molecule has 0 aromatic carbocycles. The van der Waals surface area contributed by atoms with Crippen LogP contribution in [0.25, 0.3) is 0 Å². The van der Waals surface area contributed by atoms with Crippen molar-refractivity contribution in [3.63, 3.8) is 0 Å². The molecule has 1 rings (SSSR count). The lowest BCUT2D eigenvalue weighted by atomic mass is 9.84. The van der Waals surface area contributed by atoms with Gasteiger partial charge in [-0.1, -0.05) is 13.3 Å². The van der Waals surface area contributed by atoms with Gasteiger partial charge in [-0.2, -0.15) is 0 Å². The largest absolute Gasteiger partial charge is 0.367 e. The van der Waals surface area contributed by atoms with E-state index in [9.17, 15) is 0 Å². The van der Waals surface area contributed by atoms with E-state index in [4.69, 9.17) is 10.2 Å². The Kier molecular flexibility index (Phi) is 4.70. The molecule has 0 radical (unpaired) electrons. The quantitative estimate of drug-likeness (QED) is 0.572. The highest BCUT2D eigenvalue weighted by Gasteiger charge is 2.19. The van der Waals surface area contributed by atoms with E-state index < -0.39 is 6.29 Å². The molecular formula is C10H21NO2. The fourth-order valence-corrected chi connectivity index (χ4v) is 2.05. The molecule has 0 saturated heterocycles.